The summed E-state index contributed by atoms with van der Waals surface area (Å²) in [5.74, 6) is 1.65. The molecule has 0 aromatic carbocycles. The summed E-state index contributed by atoms with van der Waals surface area (Å²) in [6, 6.07) is 5.69. The fourth-order valence-electron chi connectivity index (χ4n) is 1.55. The molecule has 0 amide bonds. The Morgan fingerprint density at radius 3 is 3.00 bits per heavy atom. The van der Waals surface area contributed by atoms with Crippen LogP contribution in [0.5, 0.6) is 5.88 Å². The van der Waals surface area contributed by atoms with Gasteiger partial charge in [-0.1, -0.05) is 6.07 Å². The van der Waals surface area contributed by atoms with Crippen LogP contribution in [0, 0.1) is 0 Å². The number of fused-ring (bicyclic) bond motifs is 1. The molecule has 0 saturated heterocycles. The highest BCUT2D eigenvalue weighted by atomic mass is 16.5. The van der Waals surface area contributed by atoms with Gasteiger partial charge in [0.15, 0.2) is 5.65 Å². The van der Waals surface area contributed by atoms with Gasteiger partial charge < -0.3 is 10.5 Å². The Hall–Kier alpha value is -1.62. The topological polar surface area (TPSA) is 65.4 Å². The van der Waals surface area contributed by atoms with Gasteiger partial charge in [0.2, 0.25) is 5.88 Å². The zero-order valence-electron chi connectivity index (χ0n) is 8.68. The van der Waals surface area contributed by atoms with Crippen molar-refractivity contribution in [1.82, 2.24) is 14.6 Å². The standard InChI is InChI=1S/C10H14N4O/c1-15-10-6-2-4-8-12-13-9(14(8)10)5-3-7-11/h2,4,6H,3,5,7,11H2,1H3. The van der Waals surface area contributed by atoms with Gasteiger partial charge in [-0.05, 0) is 25.1 Å². The first-order valence-corrected chi connectivity index (χ1v) is 4.94. The summed E-state index contributed by atoms with van der Waals surface area (Å²) in [6.07, 6.45) is 1.72. The average molecular weight is 206 g/mol. The van der Waals surface area contributed by atoms with Crippen LogP contribution in [0.2, 0.25) is 0 Å². The predicted molar refractivity (Wildman–Crippen MR) is 56.9 cm³/mol. The number of hydrogen-bond acceptors (Lipinski definition) is 4. The van der Waals surface area contributed by atoms with E-state index < -0.39 is 0 Å². The van der Waals surface area contributed by atoms with E-state index in [1.807, 2.05) is 22.6 Å². The first-order valence-electron chi connectivity index (χ1n) is 4.94. The molecule has 0 aliphatic carbocycles. The van der Waals surface area contributed by atoms with Gasteiger partial charge in [-0.3, -0.25) is 0 Å². The molecule has 80 valence electrons. The normalized spacial score (nSPS) is 10.8. The Balaban J connectivity index is 2.46. The van der Waals surface area contributed by atoms with E-state index in [4.69, 9.17) is 10.5 Å². The van der Waals surface area contributed by atoms with Crippen LogP contribution in [0.3, 0.4) is 0 Å². The van der Waals surface area contributed by atoms with Gasteiger partial charge in [-0.2, -0.15) is 0 Å². The molecule has 2 heterocycles. The Morgan fingerprint density at radius 1 is 1.40 bits per heavy atom. The molecule has 2 aromatic heterocycles. The van der Waals surface area contributed by atoms with Gasteiger partial charge >= 0.3 is 0 Å². The molecule has 0 bridgehead atoms. The Labute approximate surface area is 87.9 Å². The van der Waals surface area contributed by atoms with Crippen molar-refractivity contribution in [2.24, 2.45) is 5.73 Å². The van der Waals surface area contributed by atoms with Crippen LogP contribution in [-0.4, -0.2) is 28.3 Å². The number of nitrogens with two attached hydrogens (primary N) is 1. The summed E-state index contributed by atoms with van der Waals surface area (Å²) in [5.41, 5.74) is 6.28. The Morgan fingerprint density at radius 2 is 2.27 bits per heavy atom. The van der Waals surface area contributed by atoms with E-state index in [0.29, 0.717) is 6.54 Å². The SMILES string of the molecule is COc1cccc2nnc(CCCN)n12. The van der Waals surface area contributed by atoms with Gasteiger partial charge in [0, 0.05) is 6.42 Å². The van der Waals surface area contributed by atoms with E-state index in [0.717, 1.165) is 30.2 Å². The largest absolute Gasteiger partial charge is 0.482 e. The van der Waals surface area contributed by atoms with Crippen molar-refractivity contribution < 1.29 is 4.74 Å². The number of nitrogens with zero attached hydrogens (tertiary/aromatic N) is 3. The molecule has 5 nitrogen and oxygen atoms in total. The lowest BCUT2D eigenvalue weighted by molar-refractivity contribution is 0.390. The molecule has 0 unspecified atom stereocenters. The van der Waals surface area contributed by atoms with Gasteiger partial charge in [0.1, 0.15) is 5.82 Å². The fourth-order valence-corrected chi connectivity index (χ4v) is 1.55. The highest BCUT2D eigenvalue weighted by molar-refractivity contribution is 5.42. The van der Waals surface area contributed by atoms with Crippen LogP contribution in [0.25, 0.3) is 5.65 Å². The van der Waals surface area contributed by atoms with Crippen LogP contribution >= 0.6 is 0 Å². The quantitative estimate of drug-likeness (QED) is 0.796. The number of pyridine rings is 1. The number of ether oxygens (including phenoxy) is 1. The molecule has 2 aromatic rings. The predicted octanol–water partition coefficient (Wildman–Crippen LogP) is 0.629. The molecular formula is C10H14N4O. The molecule has 0 fully saturated rings. The first-order chi connectivity index (χ1) is 7.36. The monoisotopic (exact) mass is 206 g/mol. The first kappa shape index (κ1) is 9.92. The van der Waals surface area contributed by atoms with Crippen LogP contribution in [0.15, 0.2) is 18.2 Å². The minimum absolute atomic E-state index is 0.657. The van der Waals surface area contributed by atoms with E-state index in [-0.39, 0.29) is 0 Å². The van der Waals surface area contributed by atoms with Crippen molar-refractivity contribution in [2.75, 3.05) is 13.7 Å². The van der Waals surface area contributed by atoms with Gasteiger partial charge in [0.25, 0.3) is 0 Å². The maximum absolute atomic E-state index is 5.47. The molecule has 0 aliphatic heterocycles. The molecule has 15 heavy (non-hydrogen) atoms. The van der Waals surface area contributed by atoms with E-state index >= 15 is 0 Å². The number of aromatic nitrogens is 3. The van der Waals surface area contributed by atoms with Gasteiger partial charge in [-0.15, -0.1) is 10.2 Å². The molecule has 0 atom stereocenters. The number of hydrogen-bond donors (Lipinski definition) is 1. The van der Waals surface area contributed by atoms with E-state index in [1.165, 1.54) is 0 Å². The lowest BCUT2D eigenvalue weighted by Crippen LogP contribution is -2.04. The minimum Gasteiger partial charge on any atom is -0.482 e. The van der Waals surface area contributed by atoms with Crippen molar-refractivity contribution in [3.05, 3.63) is 24.0 Å². The highest BCUT2D eigenvalue weighted by Gasteiger charge is 2.08. The van der Waals surface area contributed by atoms with Crippen molar-refractivity contribution in [3.63, 3.8) is 0 Å². The summed E-state index contributed by atoms with van der Waals surface area (Å²) in [4.78, 5) is 0. The minimum atomic E-state index is 0.657. The van der Waals surface area contributed by atoms with Crippen molar-refractivity contribution in [2.45, 2.75) is 12.8 Å². The van der Waals surface area contributed by atoms with Crippen molar-refractivity contribution in [3.8, 4) is 5.88 Å². The van der Waals surface area contributed by atoms with Gasteiger partial charge in [-0.25, -0.2) is 4.40 Å². The second-order valence-electron chi connectivity index (χ2n) is 3.27. The number of methoxy groups -OCH3 is 1. The third kappa shape index (κ3) is 1.78. The lowest BCUT2D eigenvalue weighted by Gasteiger charge is -2.05. The summed E-state index contributed by atoms with van der Waals surface area (Å²) in [5, 5.41) is 8.19. The Kier molecular flexibility index (Phi) is 2.82. The van der Waals surface area contributed by atoms with E-state index in [9.17, 15) is 0 Å². The molecule has 5 heteroatoms. The van der Waals surface area contributed by atoms with Crippen molar-refractivity contribution in [1.29, 1.82) is 0 Å². The molecule has 0 radical (unpaired) electrons. The molecule has 2 rings (SSSR count). The number of aryl methyl sites for hydroxylation is 1. The maximum atomic E-state index is 5.47. The zero-order chi connectivity index (χ0) is 10.7. The second kappa shape index (κ2) is 4.27. The zero-order valence-corrected chi connectivity index (χ0v) is 8.68. The highest BCUT2D eigenvalue weighted by Crippen LogP contribution is 2.15. The van der Waals surface area contributed by atoms with Crippen LogP contribution in [-0.2, 0) is 6.42 Å². The fraction of sp³-hybridized carbons (Fsp3) is 0.400. The van der Waals surface area contributed by atoms with Crippen LogP contribution in [0.4, 0.5) is 0 Å². The van der Waals surface area contributed by atoms with Crippen LogP contribution < -0.4 is 10.5 Å². The van der Waals surface area contributed by atoms with Gasteiger partial charge in [0.05, 0.1) is 7.11 Å². The van der Waals surface area contributed by atoms with Crippen molar-refractivity contribution >= 4 is 5.65 Å². The number of rotatable bonds is 4. The maximum Gasteiger partial charge on any atom is 0.200 e. The molecule has 0 saturated carbocycles. The van der Waals surface area contributed by atoms with Crippen LogP contribution in [0.1, 0.15) is 12.2 Å². The molecule has 0 spiro atoms. The summed E-state index contributed by atoms with van der Waals surface area (Å²) >= 11 is 0. The summed E-state index contributed by atoms with van der Waals surface area (Å²) in [6.45, 7) is 0.657. The molecule has 2 N–H and O–H groups in total. The third-order valence-corrected chi connectivity index (χ3v) is 2.27. The molecular weight excluding hydrogens is 192 g/mol. The lowest BCUT2D eigenvalue weighted by atomic mass is 10.3. The summed E-state index contributed by atoms with van der Waals surface area (Å²) in [7, 11) is 1.64. The van der Waals surface area contributed by atoms with E-state index in [2.05, 4.69) is 10.2 Å². The molecule has 0 aliphatic rings. The second-order valence-corrected chi connectivity index (χ2v) is 3.27. The average Bonchev–Trinajstić information content (AvgIpc) is 2.69. The third-order valence-electron chi connectivity index (χ3n) is 2.27. The smallest absolute Gasteiger partial charge is 0.200 e. The van der Waals surface area contributed by atoms with E-state index in [1.54, 1.807) is 7.11 Å². The summed E-state index contributed by atoms with van der Waals surface area (Å²) < 4.78 is 7.17. The Bertz CT molecular complexity index is 452.